The SMILES string of the molecule is CC(=O)Nc1cc2c(c(NC(C)=O)c1)OCCC2. The number of carbonyl (C=O) groups excluding carboxylic acids is 2. The lowest BCUT2D eigenvalue weighted by Gasteiger charge is -2.21. The molecule has 18 heavy (non-hydrogen) atoms. The Balaban J connectivity index is 2.40. The van der Waals surface area contributed by atoms with Crippen molar-refractivity contribution in [1.82, 2.24) is 0 Å². The van der Waals surface area contributed by atoms with E-state index in [1.54, 1.807) is 6.07 Å². The molecule has 5 nitrogen and oxygen atoms in total. The van der Waals surface area contributed by atoms with Gasteiger partial charge in [-0.05, 0) is 30.5 Å². The highest BCUT2D eigenvalue weighted by molar-refractivity contribution is 5.94. The molecular weight excluding hydrogens is 232 g/mol. The first-order valence-electron chi connectivity index (χ1n) is 5.91. The predicted octanol–water partition coefficient (Wildman–Crippen LogP) is 1.93. The molecule has 1 aliphatic heterocycles. The van der Waals surface area contributed by atoms with Crippen molar-refractivity contribution in [1.29, 1.82) is 0 Å². The zero-order valence-corrected chi connectivity index (χ0v) is 10.5. The number of benzene rings is 1. The van der Waals surface area contributed by atoms with E-state index in [1.807, 2.05) is 6.07 Å². The minimum atomic E-state index is -0.161. The topological polar surface area (TPSA) is 67.4 Å². The van der Waals surface area contributed by atoms with E-state index in [1.165, 1.54) is 13.8 Å². The van der Waals surface area contributed by atoms with Gasteiger partial charge >= 0.3 is 0 Å². The molecule has 1 aliphatic rings. The Labute approximate surface area is 106 Å². The molecule has 2 amide bonds. The Kier molecular flexibility index (Phi) is 3.50. The van der Waals surface area contributed by atoms with Crippen LogP contribution in [-0.2, 0) is 16.0 Å². The molecule has 0 unspecified atom stereocenters. The van der Waals surface area contributed by atoms with Crippen molar-refractivity contribution in [3.63, 3.8) is 0 Å². The zero-order chi connectivity index (χ0) is 13.1. The molecule has 0 aromatic heterocycles. The van der Waals surface area contributed by atoms with Gasteiger partial charge in [-0.15, -0.1) is 0 Å². The van der Waals surface area contributed by atoms with Crippen LogP contribution in [0.25, 0.3) is 0 Å². The molecule has 0 radical (unpaired) electrons. The van der Waals surface area contributed by atoms with Crippen molar-refractivity contribution in [3.05, 3.63) is 17.7 Å². The van der Waals surface area contributed by atoms with Gasteiger partial charge in [-0.25, -0.2) is 0 Å². The molecule has 0 bridgehead atoms. The zero-order valence-electron chi connectivity index (χ0n) is 10.5. The van der Waals surface area contributed by atoms with E-state index in [2.05, 4.69) is 10.6 Å². The summed E-state index contributed by atoms with van der Waals surface area (Å²) < 4.78 is 5.59. The first kappa shape index (κ1) is 12.4. The summed E-state index contributed by atoms with van der Waals surface area (Å²) in [6, 6.07) is 3.61. The lowest BCUT2D eigenvalue weighted by atomic mass is 10.0. The van der Waals surface area contributed by atoms with Gasteiger partial charge in [-0.2, -0.15) is 0 Å². The molecule has 2 rings (SSSR count). The molecule has 0 atom stereocenters. The molecule has 1 aromatic rings. The average molecular weight is 248 g/mol. The number of rotatable bonds is 2. The summed E-state index contributed by atoms with van der Waals surface area (Å²) in [5, 5.41) is 5.45. The van der Waals surface area contributed by atoms with Crippen LogP contribution in [0.4, 0.5) is 11.4 Å². The fraction of sp³-hybridized carbons (Fsp3) is 0.385. The second-order valence-corrected chi connectivity index (χ2v) is 4.33. The Hall–Kier alpha value is -2.04. The van der Waals surface area contributed by atoms with E-state index >= 15 is 0 Å². The third-order valence-corrected chi connectivity index (χ3v) is 2.63. The summed E-state index contributed by atoms with van der Waals surface area (Å²) >= 11 is 0. The molecule has 0 fully saturated rings. The molecule has 0 saturated heterocycles. The van der Waals surface area contributed by atoms with E-state index in [-0.39, 0.29) is 11.8 Å². The van der Waals surface area contributed by atoms with E-state index in [0.717, 1.165) is 18.4 Å². The Morgan fingerprint density at radius 1 is 1.17 bits per heavy atom. The van der Waals surface area contributed by atoms with Crippen LogP contribution in [0.2, 0.25) is 0 Å². The number of aryl methyl sites for hydroxylation is 1. The van der Waals surface area contributed by atoms with Crippen molar-refractivity contribution in [3.8, 4) is 5.75 Å². The normalized spacial score (nSPS) is 13.2. The van der Waals surface area contributed by atoms with Gasteiger partial charge in [0.05, 0.1) is 12.3 Å². The van der Waals surface area contributed by atoms with Gasteiger partial charge in [0.15, 0.2) is 0 Å². The van der Waals surface area contributed by atoms with Crippen LogP contribution in [0.15, 0.2) is 12.1 Å². The highest BCUT2D eigenvalue weighted by Gasteiger charge is 2.17. The lowest BCUT2D eigenvalue weighted by Crippen LogP contribution is -2.15. The number of anilines is 2. The quantitative estimate of drug-likeness (QED) is 0.840. The fourth-order valence-electron chi connectivity index (χ4n) is 2.04. The summed E-state index contributed by atoms with van der Waals surface area (Å²) in [4.78, 5) is 22.3. The predicted molar refractivity (Wildman–Crippen MR) is 68.9 cm³/mol. The lowest BCUT2D eigenvalue weighted by molar-refractivity contribution is -0.115. The Morgan fingerprint density at radius 2 is 1.89 bits per heavy atom. The van der Waals surface area contributed by atoms with Gasteiger partial charge in [0.25, 0.3) is 0 Å². The Bertz CT molecular complexity index is 497. The largest absolute Gasteiger partial charge is 0.491 e. The third-order valence-electron chi connectivity index (χ3n) is 2.63. The minimum Gasteiger partial charge on any atom is -0.491 e. The van der Waals surface area contributed by atoms with Crippen LogP contribution in [0, 0.1) is 0 Å². The molecule has 5 heteroatoms. The van der Waals surface area contributed by atoms with E-state index < -0.39 is 0 Å². The van der Waals surface area contributed by atoms with E-state index in [4.69, 9.17) is 4.74 Å². The van der Waals surface area contributed by atoms with Gasteiger partial charge in [-0.3, -0.25) is 9.59 Å². The van der Waals surface area contributed by atoms with Crippen LogP contribution in [0.1, 0.15) is 25.8 Å². The number of hydrogen-bond acceptors (Lipinski definition) is 3. The highest BCUT2D eigenvalue weighted by atomic mass is 16.5. The van der Waals surface area contributed by atoms with Gasteiger partial charge in [0.2, 0.25) is 11.8 Å². The molecular formula is C13H16N2O3. The molecule has 2 N–H and O–H groups in total. The number of ether oxygens (including phenoxy) is 1. The van der Waals surface area contributed by atoms with Crippen molar-refractivity contribution >= 4 is 23.2 Å². The van der Waals surface area contributed by atoms with Gasteiger partial charge in [0, 0.05) is 19.5 Å². The van der Waals surface area contributed by atoms with Crippen molar-refractivity contribution in [2.75, 3.05) is 17.2 Å². The van der Waals surface area contributed by atoms with Crippen molar-refractivity contribution in [2.24, 2.45) is 0 Å². The summed E-state index contributed by atoms with van der Waals surface area (Å²) in [5.41, 5.74) is 2.30. The van der Waals surface area contributed by atoms with Crippen LogP contribution in [0.3, 0.4) is 0 Å². The summed E-state index contributed by atoms with van der Waals surface area (Å²) in [6.45, 7) is 3.55. The number of fused-ring (bicyclic) bond motifs is 1. The molecule has 0 spiro atoms. The van der Waals surface area contributed by atoms with Crippen molar-refractivity contribution < 1.29 is 14.3 Å². The summed E-state index contributed by atoms with van der Waals surface area (Å²) in [7, 11) is 0. The second kappa shape index (κ2) is 5.08. The van der Waals surface area contributed by atoms with Crippen LogP contribution < -0.4 is 15.4 Å². The van der Waals surface area contributed by atoms with Crippen LogP contribution >= 0.6 is 0 Å². The molecule has 0 aliphatic carbocycles. The minimum absolute atomic E-state index is 0.138. The maximum atomic E-state index is 11.2. The molecule has 1 heterocycles. The summed E-state index contributed by atoms with van der Waals surface area (Å²) in [6.07, 6.45) is 1.82. The molecule has 0 saturated carbocycles. The highest BCUT2D eigenvalue weighted by Crippen LogP contribution is 2.36. The first-order chi connectivity index (χ1) is 8.56. The standard InChI is InChI=1S/C13H16N2O3/c1-8(16)14-11-6-10-4-3-5-18-13(10)12(7-11)15-9(2)17/h6-7H,3-5H2,1-2H3,(H,14,16)(H,15,17). The van der Waals surface area contributed by atoms with Crippen LogP contribution in [0.5, 0.6) is 5.75 Å². The van der Waals surface area contributed by atoms with Crippen LogP contribution in [-0.4, -0.2) is 18.4 Å². The van der Waals surface area contributed by atoms with Gasteiger partial charge in [0.1, 0.15) is 5.75 Å². The summed E-state index contributed by atoms with van der Waals surface area (Å²) in [5.74, 6) is 0.414. The smallest absolute Gasteiger partial charge is 0.221 e. The number of hydrogen-bond donors (Lipinski definition) is 2. The number of nitrogens with one attached hydrogen (secondary N) is 2. The average Bonchev–Trinajstić information content (AvgIpc) is 2.27. The first-order valence-corrected chi connectivity index (χ1v) is 5.91. The maximum absolute atomic E-state index is 11.2. The second-order valence-electron chi connectivity index (χ2n) is 4.33. The maximum Gasteiger partial charge on any atom is 0.221 e. The molecule has 1 aromatic carbocycles. The number of carbonyl (C=O) groups is 2. The number of amides is 2. The van der Waals surface area contributed by atoms with Gasteiger partial charge in [-0.1, -0.05) is 0 Å². The van der Waals surface area contributed by atoms with Gasteiger partial charge < -0.3 is 15.4 Å². The third kappa shape index (κ3) is 2.80. The van der Waals surface area contributed by atoms with Crippen molar-refractivity contribution in [2.45, 2.75) is 26.7 Å². The monoisotopic (exact) mass is 248 g/mol. The van der Waals surface area contributed by atoms with E-state index in [9.17, 15) is 9.59 Å². The Morgan fingerprint density at radius 3 is 2.56 bits per heavy atom. The fourth-order valence-corrected chi connectivity index (χ4v) is 2.04. The van der Waals surface area contributed by atoms with E-state index in [0.29, 0.717) is 23.7 Å². The molecule has 96 valence electrons.